The van der Waals surface area contributed by atoms with Gasteiger partial charge >= 0.3 is 0 Å². The molecule has 0 aliphatic heterocycles. The quantitative estimate of drug-likeness (QED) is 0.782. The van der Waals surface area contributed by atoms with Crippen LogP contribution in [0.5, 0.6) is 0 Å². The first-order valence-corrected chi connectivity index (χ1v) is 7.95. The van der Waals surface area contributed by atoms with E-state index in [4.69, 9.17) is 0 Å². The molecule has 3 aromatic rings. The van der Waals surface area contributed by atoms with E-state index in [0.717, 1.165) is 16.7 Å². The Bertz CT molecular complexity index is 841. The van der Waals surface area contributed by atoms with Gasteiger partial charge in [-0.2, -0.15) is 0 Å². The second-order valence-electron chi connectivity index (χ2n) is 6.15. The molecule has 0 unspecified atom stereocenters. The molecule has 2 aromatic heterocycles. The van der Waals surface area contributed by atoms with Crippen LogP contribution in [0, 0.1) is 6.92 Å². The van der Waals surface area contributed by atoms with Crippen molar-refractivity contribution in [2.45, 2.75) is 33.2 Å². The zero-order valence-corrected chi connectivity index (χ0v) is 13.9. The summed E-state index contributed by atoms with van der Waals surface area (Å²) in [5, 5.41) is 2.93. The summed E-state index contributed by atoms with van der Waals surface area (Å²) >= 11 is 1.34. The molecule has 0 spiro atoms. The average molecular weight is 314 g/mol. The zero-order valence-electron chi connectivity index (χ0n) is 13.0. The maximum Gasteiger partial charge on any atom is 0.269 e. The fourth-order valence-electron chi connectivity index (χ4n) is 2.47. The molecule has 2 heterocycles. The highest BCUT2D eigenvalue weighted by Gasteiger charge is 2.23. The predicted octanol–water partition coefficient (Wildman–Crippen LogP) is 3.81. The summed E-state index contributed by atoms with van der Waals surface area (Å²) in [6, 6.07) is 7.89. The highest BCUT2D eigenvalue weighted by molar-refractivity contribution is 7.12. The van der Waals surface area contributed by atoms with Crippen LogP contribution in [0.3, 0.4) is 0 Å². The van der Waals surface area contributed by atoms with Gasteiger partial charge in [0, 0.05) is 5.54 Å². The van der Waals surface area contributed by atoms with Crippen LogP contribution in [0.15, 0.2) is 29.8 Å². The number of thiazole rings is 1. The lowest BCUT2D eigenvalue weighted by Gasteiger charge is -2.24. The van der Waals surface area contributed by atoms with Crippen LogP contribution in [0.4, 0.5) is 5.95 Å². The average Bonchev–Trinajstić information content (AvgIpc) is 3.00. The lowest BCUT2D eigenvalue weighted by molar-refractivity contribution is 0.102. The molecule has 0 saturated heterocycles. The number of hydrogen-bond acceptors (Lipinski definition) is 4. The third kappa shape index (κ3) is 2.50. The van der Waals surface area contributed by atoms with E-state index in [0.29, 0.717) is 10.8 Å². The summed E-state index contributed by atoms with van der Waals surface area (Å²) in [5.41, 5.74) is 4.10. The van der Waals surface area contributed by atoms with Crippen LogP contribution in [-0.2, 0) is 5.54 Å². The van der Waals surface area contributed by atoms with Crippen LogP contribution < -0.4 is 5.32 Å². The van der Waals surface area contributed by atoms with Crippen molar-refractivity contribution in [1.29, 1.82) is 0 Å². The number of aromatic nitrogens is 3. The summed E-state index contributed by atoms with van der Waals surface area (Å²) in [6.45, 7) is 8.11. The molecule has 0 radical (unpaired) electrons. The summed E-state index contributed by atoms with van der Waals surface area (Å²) in [7, 11) is 0. The SMILES string of the molecule is Cc1ncsc1C(=O)Nc1nc2ccccc2n1C(C)(C)C. The number of fused-ring (bicyclic) bond motifs is 1. The van der Waals surface area contributed by atoms with Crippen LogP contribution >= 0.6 is 11.3 Å². The van der Waals surface area contributed by atoms with Crippen LogP contribution in [0.2, 0.25) is 0 Å². The van der Waals surface area contributed by atoms with Crippen molar-refractivity contribution < 1.29 is 4.79 Å². The second-order valence-corrected chi connectivity index (χ2v) is 7.01. The Balaban J connectivity index is 2.07. The maximum absolute atomic E-state index is 12.5. The largest absolute Gasteiger partial charge is 0.305 e. The van der Waals surface area contributed by atoms with Gasteiger partial charge in [0.2, 0.25) is 5.95 Å². The van der Waals surface area contributed by atoms with Crippen molar-refractivity contribution in [2.24, 2.45) is 0 Å². The highest BCUT2D eigenvalue weighted by atomic mass is 32.1. The number of para-hydroxylation sites is 2. The first-order chi connectivity index (χ1) is 10.4. The molecule has 0 saturated carbocycles. The molecular weight excluding hydrogens is 296 g/mol. The normalized spacial score (nSPS) is 11.8. The minimum Gasteiger partial charge on any atom is -0.305 e. The molecule has 6 heteroatoms. The molecule has 0 aliphatic carbocycles. The van der Waals surface area contributed by atoms with Gasteiger partial charge in [-0.3, -0.25) is 10.1 Å². The minimum atomic E-state index is -0.193. The highest BCUT2D eigenvalue weighted by Crippen LogP contribution is 2.28. The summed E-state index contributed by atoms with van der Waals surface area (Å²) in [4.78, 5) is 21.8. The Morgan fingerprint density at radius 2 is 2.00 bits per heavy atom. The fourth-order valence-corrected chi connectivity index (χ4v) is 3.16. The molecule has 1 N–H and O–H groups in total. The first kappa shape index (κ1) is 14.7. The van der Waals surface area contributed by atoms with E-state index in [1.165, 1.54) is 11.3 Å². The van der Waals surface area contributed by atoms with E-state index >= 15 is 0 Å². The standard InChI is InChI=1S/C16H18N4OS/c1-10-13(22-9-17-10)14(21)19-15-18-11-7-5-6-8-12(11)20(15)16(2,3)4/h5-9H,1-4H3,(H,18,19,21). The molecular formula is C16H18N4OS. The van der Waals surface area contributed by atoms with Gasteiger partial charge in [-0.25, -0.2) is 9.97 Å². The van der Waals surface area contributed by atoms with Gasteiger partial charge in [0.1, 0.15) is 4.88 Å². The van der Waals surface area contributed by atoms with E-state index in [1.54, 1.807) is 5.51 Å². The third-order valence-corrected chi connectivity index (χ3v) is 4.34. The molecule has 0 fully saturated rings. The molecule has 1 aromatic carbocycles. The minimum absolute atomic E-state index is 0.166. The zero-order chi connectivity index (χ0) is 15.9. The van der Waals surface area contributed by atoms with Crippen molar-refractivity contribution in [3.63, 3.8) is 0 Å². The Morgan fingerprint density at radius 3 is 2.64 bits per heavy atom. The van der Waals surface area contributed by atoms with Crippen molar-refractivity contribution in [3.8, 4) is 0 Å². The number of rotatable bonds is 2. The number of carbonyl (C=O) groups excluding carboxylic acids is 1. The van der Waals surface area contributed by atoms with Gasteiger partial charge in [-0.15, -0.1) is 11.3 Å². The Kier molecular flexibility index (Phi) is 3.48. The smallest absolute Gasteiger partial charge is 0.269 e. The molecule has 114 valence electrons. The fraction of sp³-hybridized carbons (Fsp3) is 0.312. The monoisotopic (exact) mass is 314 g/mol. The number of benzene rings is 1. The topological polar surface area (TPSA) is 59.8 Å². The number of amides is 1. The second kappa shape index (κ2) is 5.21. The third-order valence-electron chi connectivity index (χ3n) is 3.41. The summed E-state index contributed by atoms with van der Waals surface area (Å²) in [5.74, 6) is 0.396. The van der Waals surface area contributed by atoms with Crippen molar-refractivity contribution in [1.82, 2.24) is 14.5 Å². The van der Waals surface area contributed by atoms with Gasteiger partial charge in [0.25, 0.3) is 5.91 Å². The molecule has 0 aliphatic rings. The van der Waals surface area contributed by atoms with Gasteiger partial charge in [0.15, 0.2) is 0 Å². The summed E-state index contributed by atoms with van der Waals surface area (Å²) in [6.07, 6.45) is 0. The van der Waals surface area contributed by atoms with Crippen molar-refractivity contribution in [2.75, 3.05) is 5.32 Å². The first-order valence-electron chi connectivity index (χ1n) is 7.07. The number of hydrogen-bond donors (Lipinski definition) is 1. The van der Waals surface area contributed by atoms with Gasteiger partial charge in [-0.05, 0) is 39.8 Å². The van der Waals surface area contributed by atoms with Crippen LogP contribution in [0.25, 0.3) is 11.0 Å². The molecule has 22 heavy (non-hydrogen) atoms. The predicted molar refractivity (Wildman–Crippen MR) is 89.5 cm³/mol. The Morgan fingerprint density at radius 1 is 1.27 bits per heavy atom. The number of aryl methyl sites for hydroxylation is 1. The molecule has 3 rings (SSSR count). The van der Waals surface area contributed by atoms with E-state index in [-0.39, 0.29) is 11.4 Å². The van der Waals surface area contributed by atoms with Gasteiger partial charge in [0.05, 0.1) is 22.2 Å². The lowest BCUT2D eigenvalue weighted by atomic mass is 10.1. The lowest BCUT2D eigenvalue weighted by Crippen LogP contribution is -2.25. The molecule has 0 atom stereocenters. The Hall–Kier alpha value is -2.21. The van der Waals surface area contributed by atoms with Gasteiger partial charge < -0.3 is 4.57 Å². The number of carbonyl (C=O) groups is 1. The number of anilines is 1. The maximum atomic E-state index is 12.5. The van der Waals surface area contributed by atoms with Crippen molar-refractivity contribution >= 4 is 34.2 Å². The number of nitrogens with zero attached hydrogens (tertiary/aromatic N) is 3. The van der Waals surface area contributed by atoms with E-state index in [1.807, 2.05) is 31.2 Å². The van der Waals surface area contributed by atoms with E-state index in [9.17, 15) is 4.79 Å². The van der Waals surface area contributed by atoms with E-state index in [2.05, 4.69) is 40.6 Å². The number of nitrogens with one attached hydrogen (secondary N) is 1. The van der Waals surface area contributed by atoms with Crippen molar-refractivity contribution in [3.05, 3.63) is 40.3 Å². The van der Waals surface area contributed by atoms with Gasteiger partial charge in [-0.1, -0.05) is 12.1 Å². The summed E-state index contributed by atoms with van der Waals surface area (Å²) < 4.78 is 2.05. The van der Waals surface area contributed by atoms with Crippen LogP contribution in [0.1, 0.15) is 36.1 Å². The molecule has 5 nitrogen and oxygen atoms in total. The van der Waals surface area contributed by atoms with E-state index < -0.39 is 0 Å². The number of imidazole rings is 1. The molecule has 0 bridgehead atoms. The van der Waals surface area contributed by atoms with Crippen LogP contribution in [-0.4, -0.2) is 20.4 Å². The Labute approximate surface area is 133 Å². The molecule has 1 amide bonds.